The normalized spacial score (nSPS) is 12.7. The average molecular weight is 391 g/mol. The summed E-state index contributed by atoms with van der Waals surface area (Å²) in [5.41, 5.74) is 1.73. The van der Waals surface area contributed by atoms with Gasteiger partial charge in [-0.1, -0.05) is 34.6 Å². The van der Waals surface area contributed by atoms with Crippen LogP contribution in [0.25, 0.3) is 11.0 Å². The molecule has 2 rings (SSSR count). The van der Waals surface area contributed by atoms with Gasteiger partial charge in [0.05, 0.1) is 16.8 Å². The Hall–Kier alpha value is -0.860. The molecular formula is C13H15BrN2O3S2. The van der Waals surface area contributed by atoms with Gasteiger partial charge in [0, 0.05) is 33.3 Å². The summed E-state index contributed by atoms with van der Waals surface area (Å²) in [5.74, 6) is 0.243. The highest BCUT2D eigenvalue weighted by Crippen LogP contribution is 2.26. The molecule has 0 saturated heterocycles. The molecule has 0 amide bonds. The third kappa shape index (κ3) is 4.31. The van der Waals surface area contributed by atoms with Crippen LogP contribution in [0.15, 0.2) is 27.8 Å². The maximum Gasteiger partial charge on any atom is 0.313 e. The second-order valence-electron chi connectivity index (χ2n) is 4.29. The number of rotatable bonds is 7. The first-order valence-corrected chi connectivity index (χ1v) is 9.63. The highest BCUT2D eigenvalue weighted by molar-refractivity contribution is 9.10. The molecule has 0 aliphatic heterocycles. The van der Waals surface area contributed by atoms with Crippen LogP contribution in [0.2, 0.25) is 0 Å². The number of aliphatic carboxylic acids is 1. The van der Waals surface area contributed by atoms with Gasteiger partial charge in [0.15, 0.2) is 5.16 Å². The molecule has 2 aromatic rings. The third-order valence-corrected chi connectivity index (χ3v) is 5.60. The van der Waals surface area contributed by atoms with E-state index in [-0.39, 0.29) is 5.75 Å². The molecule has 0 bridgehead atoms. The molecule has 1 atom stereocenters. The van der Waals surface area contributed by atoms with Crippen molar-refractivity contribution in [3.8, 4) is 0 Å². The van der Waals surface area contributed by atoms with Gasteiger partial charge in [0.25, 0.3) is 0 Å². The molecule has 21 heavy (non-hydrogen) atoms. The minimum absolute atomic E-state index is 0.0403. The summed E-state index contributed by atoms with van der Waals surface area (Å²) < 4.78 is 14.5. The molecule has 8 heteroatoms. The highest BCUT2D eigenvalue weighted by Gasteiger charge is 2.13. The summed E-state index contributed by atoms with van der Waals surface area (Å²) >= 11 is 4.59. The number of carbonyl (C=O) groups is 1. The Kier molecular flexibility index (Phi) is 5.83. The first-order chi connectivity index (χ1) is 10.0. The number of thioether (sulfide) groups is 1. The fraction of sp³-hybridized carbons (Fsp3) is 0.385. The summed E-state index contributed by atoms with van der Waals surface area (Å²) in [6.07, 6.45) is 0. The van der Waals surface area contributed by atoms with E-state index < -0.39 is 16.8 Å². The Morgan fingerprint density at radius 2 is 2.29 bits per heavy atom. The number of hydrogen-bond donors (Lipinski definition) is 1. The van der Waals surface area contributed by atoms with Crippen molar-refractivity contribution in [2.45, 2.75) is 18.6 Å². The molecule has 0 spiro atoms. The number of fused-ring (bicyclic) bond motifs is 1. The van der Waals surface area contributed by atoms with E-state index in [0.29, 0.717) is 23.2 Å². The van der Waals surface area contributed by atoms with Crippen LogP contribution < -0.4 is 0 Å². The lowest BCUT2D eigenvalue weighted by atomic mass is 10.3. The van der Waals surface area contributed by atoms with Crippen molar-refractivity contribution in [2.75, 3.05) is 17.3 Å². The van der Waals surface area contributed by atoms with Crippen molar-refractivity contribution in [3.63, 3.8) is 0 Å². The zero-order valence-corrected chi connectivity index (χ0v) is 14.6. The largest absolute Gasteiger partial charge is 0.481 e. The second kappa shape index (κ2) is 7.42. The highest BCUT2D eigenvalue weighted by atomic mass is 79.9. The molecular weight excluding hydrogens is 376 g/mol. The van der Waals surface area contributed by atoms with Gasteiger partial charge in [-0.05, 0) is 18.2 Å². The van der Waals surface area contributed by atoms with E-state index in [1.165, 1.54) is 11.8 Å². The quantitative estimate of drug-likeness (QED) is 0.735. The smallest absolute Gasteiger partial charge is 0.313 e. The number of carboxylic acid groups (broad SMARTS) is 1. The summed E-state index contributed by atoms with van der Waals surface area (Å²) in [4.78, 5) is 15.2. The van der Waals surface area contributed by atoms with E-state index in [1.54, 1.807) is 0 Å². The van der Waals surface area contributed by atoms with Crippen LogP contribution in [0.1, 0.15) is 6.92 Å². The van der Waals surface area contributed by atoms with Gasteiger partial charge >= 0.3 is 5.97 Å². The van der Waals surface area contributed by atoms with E-state index in [2.05, 4.69) is 20.9 Å². The molecule has 0 fully saturated rings. The van der Waals surface area contributed by atoms with Crippen molar-refractivity contribution in [3.05, 3.63) is 22.7 Å². The van der Waals surface area contributed by atoms with Crippen LogP contribution in [0.3, 0.4) is 0 Å². The summed E-state index contributed by atoms with van der Waals surface area (Å²) in [6, 6.07) is 5.75. The lowest BCUT2D eigenvalue weighted by Gasteiger charge is -2.07. The van der Waals surface area contributed by atoms with Gasteiger partial charge in [-0.3, -0.25) is 9.00 Å². The van der Waals surface area contributed by atoms with E-state index in [1.807, 2.05) is 29.7 Å². The number of halogens is 1. The second-order valence-corrected chi connectivity index (χ2v) is 8.02. The SMILES string of the molecule is CCS(=O)CCn1c(SCC(=O)O)nc2cc(Br)ccc21. The average Bonchev–Trinajstić information content (AvgIpc) is 2.79. The number of imidazole rings is 1. The predicted molar refractivity (Wildman–Crippen MR) is 89.3 cm³/mol. The topological polar surface area (TPSA) is 72.2 Å². The lowest BCUT2D eigenvalue weighted by molar-refractivity contribution is -0.133. The number of nitrogens with zero attached hydrogens (tertiary/aromatic N) is 2. The van der Waals surface area contributed by atoms with Crippen molar-refractivity contribution < 1.29 is 14.1 Å². The molecule has 0 radical (unpaired) electrons. The Morgan fingerprint density at radius 3 is 2.95 bits per heavy atom. The molecule has 5 nitrogen and oxygen atoms in total. The van der Waals surface area contributed by atoms with Crippen LogP contribution in [-0.2, 0) is 22.1 Å². The van der Waals surface area contributed by atoms with E-state index in [4.69, 9.17) is 5.11 Å². The molecule has 114 valence electrons. The number of aryl methyl sites for hydroxylation is 1. The third-order valence-electron chi connectivity index (χ3n) is 2.86. The van der Waals surface area contributed by atoms with Crippen molar-refractivity contribution in [2.24, 2.45) is 0 Å². The van der Waals surface area contributed by atoms with Crippen LogP contribution in [0, 0.1) is 0 Å². The first-order valence-electron chi connectivity index (χ1n) is 6.36. The van der Waals surface area contributed by atoms with Gasteiger partial charge in [-0.15, -0.1) is 0 Å². The standard InChI is InChI=1S/C13H15BrN2O3S2/c1-2-21(19)6-5-16-11-4-3-9(14)7-10(11)15-13(16)20-8-12(17)18/h3-4,7H,2,5-6,8H2,1H3,(H,17,18). The fourth-order valence-electron chi connectivity index (χ4n) is 1.87. The molecule has 0 aliphatic carbocycles. The molecule has 0 aliphatic rings. The van der Waals surface area contributed by atoms with Gasteiger partial charge in [-0.2, -0.15) is 0 Å². The van der Waals surface area contributed by atoms with E-state index in [9.17, 15) is 9.00 Å². The van der Waals surface area contributed by atoms with Gasteiger partial charge in [0.1, 0.15) is 0 Å². The molecule has 1 heterocycles. The number of carboxylic acids is 1. The van der Waals surface area contributed by atoms with Gasteiger partial charge < -0.3 is 9.67 Å². The first kappa shape index (κ1) is 16.5. The molecule has 1 N–H and O–H groups in total. The maximum atomic E-state index is 11.6. The summed E-state index contributed by atoms with van der Waals surface area (Å²) in [6.45, 7) is 2.46. The summed E-state index contributed by atoms with van der Waals surface area (Å²) in [5, 5.41) is 9.48. The van der Waals surface area contributed by atoms with E-state index >= 15 is 0 Å². The zero-order valence-electron chi connectivity index (χ0n) is 11.4. The molecule has 0 saturated carbocycles. The Labute approximate surface area is 137 Å². The predicted octanol–water partition coefficient (Wildman–Crippen LogP) is 2.74. The maximum absolute atomic E-state index is 11.6. The molecule has 1 aromatic carbocycles. The fourth-order valence-corrected chi connectivity index (χ4v) is 3.66. The number of aromatic nitrogens is 2. The van der Waals surface area contributed by atoms with Crippen LogP contribution in [0.5, 0.6) is 0 Å². The minimum atomic E-state index is -0.878. The summed E-state index contributed by atoms with van der Waals surface area (Å²) in [7, 11) is -0.863. The minimum Gasteiger partial charge on any atom is -0.481 e. The number of benzene rings is 1. The number of hydrogen-bond acceptors (Lipinski definition) is 4. The Bertz CT molecular complexity index is 687. The monoisotopic (exact) mass is 390 g/mol. The Morgan fingerprint density at radius 1 is 1.52 bits per heavy atom. The van der Waals surface area contributed by atoms with Crippen molar-refractivity contribution >= 4 is 55.5 Å². The Balaban J connectivity index is 2.34. The van der Waals surface area contributed by atoms with Crippen LogP contribution in [0.4, 0.5) is 0 Å². The zero-order chi connectivity index (χ0) is 15.4. The molecule has 1 unspecified atom stereocenters. The van der Waals surface area contributed by atoms with Crippen LogP contribution in [-0.4, -0.2) is 42.1 Å². The van der Waals surface area contributed by atoms with Crippen molar-refractivity contribution in [1.82, 2.24) is 9.55 Å². The van der Waals surface area contributed by atoms with Gasteiger partial charge in [0.2, 0.25) is 0 Å². The lowest BCUT2D eigenvalue weighted by Crippen LogP contribution is -2.10. The van der Waals surface area contributed by atoms with Gasteiger partial charge in [-0.25, -0.2) is 4.98 Å². The van der Waals surface area contributed by atoms with E-state index in [0.717, 1.165) is 15.5 Å². The molecule has 1 aromatic heterocycles. The van der Waals surface area contributed by atoms with Crippen LogP contribution >= 0.6 is 27.7 Å². The van der Waals surface area contributed by atoms with Crippen molar-refractivity contribution in [1.29, 1.82) is 0 Å².